The molecule has 0 unspecified atom stereocenters. The molecule has 38 heavy (non-hydrogen) atoms. The largest absolute Gasteiger partial charge is 0.508 e. The third-order valence-electron chi connectivity index (χ3n) is 5.69. The van der Waals surface area contributed by atoms with Crippen molar-refractivity contribution < 1.29 is 15.3 Å². The number of aromatic nitrogens is 3. The van der Waals surface area contributed by atoms with Gasteiger partial charge in [0.05, 0.1) is 5.69 Å². The molecule has 5 aromatic rings. The molecule has 0 fully saturated rings. The van der Waals surface area contributed by atoms with E-state index in [1.165, 1.54) is 18.2 Å². The van der Waals surface area contributed by atoms with Crippen LogP contribution in [0.3, 0.4) is 0 Å². The third-order valence-corrected chi connectivity index (χ3v) is 5.69. The number of hydrogen-bond donors (Lipinski definition) is 6. The number of azo groups is 1. The molecule has 190 valence electrons. The van der Waals surface area contributed by atoms with Crippen LogP contribution < -0.4 is 16.3 Å². The van der Waals surface area contributed by atoms with Gasteiger partial charge < -0.3 is 26.0 Å². The Hall–Kier alpha value is -5.45. The Bertz CT molecular complexity index is 1750. The third kappa shape index (κ3) is 5.07. The van der Waals surface area contributed by atoms with E-state index in [4.69, 9.17) is 0 Å². The van der Waals surface area contributed by atoms with Gasteiger partial charge in [-0.1, -0.05) is 18.2 Å². The van der Waals surface area contributed by atoms with Crippen LogP contribution in [0.4, 0.5) is 34.6 Å². The monoisotopic (exact) mass is 509 g/mol. The maximum atomic E-state index is 12.3. The Labute approximate surface area is 216 Å². The number of phenolic OH excluding ortho intramolecular Hbond substituents is 3. The van der Waals surface area contributed by atoms with E-state index < -0.39 is 5.69 Å². The lowest BCUT2D eigenvalue weighted by atomic mass is 10.0. The van der Waals surface area contributed by atoms with E-state index >= 15 is 0 Å². The average molecular weight is 510 g/mol. The van der Waals surface area contributed by atoms with Crippen molar-refractivity contribution >= 4 is 45.4 Å². The molecule has 0 aliphatic carbocycles. The van der Waals surface area contributed by atoms with Gasteiger partial charge in [-0.3, -0.25) is 4.98 Å². The Balaban J connectivity index is 1.55. The Kier molecular flexibility index (Phi) is 6.32. The fraction of sp³-hybridized carbons (Fsp3) is 0.0741. The molecular formula is C27H23N7O4. The van der Waals surface area contributed by atoms with Crippen LogP contribution in [0, 0.1) is 13.8 Å². The van der Waals surface area contributed by atoms with Gasteiger partial charge in [-0.25, -0.2) is 4.79 Å². The standard InChI is InChI=1S/C27H23N7O4/c1-14-11-16-13-15(2)23(34-33-19-5-3-4-6-21(19)36)24(37)22(16)20(12-14)29-26-30-25(31-27(38)32-26)28-17-7-9-18(35)10-8-17/h3-13,35-37H,1-2H3,(H3,28,29,30,31,32,38). The molecule has 11 heteroatoms. The number of rotatable bonds is 6. The fourth-order valence-corrected chi connectivity index (χ4v) is 3.98. The zero-order chi connectivity index (χ0) is 26.8. The van der Waals surface area contributed by atoms with Crippen LogP contribution in [0.2, 0.25) is 0 Å². The Morgan fingerprint density at radius 1 is 0.868 bits per heavy atom. The first-order valence-electron chi connectivity index (χ1n) is 11.5. The highest BCUT2D eigenvalue weighted by Crippen LogP contribution is 2.43. The second-order valence-corrected chi connectivity index (χ2v) is 8.61. The Morgan fingerprint density at radius 3 is 2.39 bits per heavy atom. The van der Waals surface area contributed by atoms with Gasteiger partial charge in [-0.2, -0.15) is 9.97 Å². The summed E-state index contributed by atoms with van der Waals surface area (Å²) in [6.45, 7) is 3.70. The van der Waals surface area contributed by atoms with Crippen LogP contribution in [0.25, 0.3) is 10.8 Å². The van der Waals surface area contributed by atoms with Gasteiger partial charge in [0.1, 0.15) is 22.9 Å². The summed E-state index contributed by atoms with van der Waals surface area (Å²) in [4.78, 5) is 23.0. The number of H-pyrrole nitrogens is 1. The summed E-state index contributed by atoms with van der Waals surface area (Å²) in [7, 11) is 0. The number of para-hydroxylation sites is 1. The van der Waals surface area contributed by atoms with Crippen molar-refractivity contribution in [2.75, 3.05) is 10.6 Å². The number of nitrogens with zero attached hydrogens (tertiary/aromatic N) is 4. The molecule has 0 saturated heterocycles. The minimum Gasteiger partial charge on any atom is -0.508 e. The molecule has 0 radical (unpaired) electrons. The lowest BCUT2D eigenvalue weighted by molar-refractivity contribution is 0.475. The van der Waals surface area contributed by atoms with Crippen molar-refractivity contribution in [1.82, 2.24) is 15.0 Å². The molecular weight excluding hydrogens is 486 g/mol. The molecule has 0 spiro atoms. The number of anilines is 4. The maximum Gasteiger partial charge on any atom is 0.351 e. The van der Waals surface area contributed by atoms with Crippen molar-refractivity contribution in [2.24, 2.45) is 10.2 Å². The zero-order valence-corrected chi connectivity index (χ0v) is 20.4. The second kappa shape index (κ2) is 9.90. The minimum absolute atomic E-state index is 0.000660. The normalized spacial score (nSPS) is 11.2. The van der Waals surface area contributed by atoms with Crippen LogP contribution in [0.15, 0.2) is 81.8 Å². The van der Waals surface area contributed by atoms with E-state index in [0.717, 1.165) is 10.9 Å². The van der Waals surface area contributed by atoms with E-state index in [9.17, 15) is 20.1 Å². The number of phenols is 3. The van der Waals surface area contributed by atoms with Crippen molar-refractivity contribution in [3.8, 4) is 17.2 Å². The number of aromatic hydroxyl groups is 3. The SMILES string of the molecule is Cc1cc(Nc2nc(Nc3ccc(O)cc3)[nH]c(=O)n2)c2c(O)c(N=Nc3ccccc3O)c(C)cc2c1. The summed E-state index contributed by atoms with van der Waals surface area (Å²) in [5.41, 5.74) is 2.48. The molecule has 4 aromatic carbocycles. The first kappa shape index (κ1) is 24.3. The quantitative estimate of drug-likeness (QED) is 0.120. The van der Waals surface area contributed by atoms with E-state index in [-0.39, 0.29) is 40.5 Å². The summed E-state index contributed by atoms with van der Waals surface area (Å²) in [6, 6.07) is 18.3. The first-order chi connectivity index (χ1) is 18.3. The van der Waals surface area contributed by atoms with Crippen molar-refractivity contribution in [3.63, 3.8) is 0 Å². The number of hydrogen-bond acceptors (Lipinski definition) is 10. The Morgan fingerprint density at radius 2 is 1.63 bits per heavy atom. The maximum absolute atomic E-state index is 12.3. The molecule has 11 nitrogen and oxygen atoms in total. The molecule has 5 rings (SSSR count). The molecule has 0 bridgehead atoms. The van der Waals surface area contributed by atoms with Crippen molar-refractivity contribution in [3.05, 3.63) is 88.3 Å². The fourth-order valence-electron chi connectivity index (χ4n) is 3.98. The number of aromatic amines is 1. The summed E-state index contributed by atoms with van der Waals surface area (Å²) in [5, 5.41) is 46.2. The predicted molar refractivity (Wildman–Crippen MR) is 145 cm³/mol. The van der Waals surface area contributed by atoms with Gasteiger partial charge in [-0.15, -0.1) is 10.2 Å². The summed E-state index contributed by atoms with van der Waals surface area (Å²) < 4.78 is 0. The van der Waals surface area contributed by atoms with E-state index in [1.807, 2.05) is 19.1 Å². The minimum atomic E-state index is -0.641. The second-order valence-electron chi connectivity index (χ2n) is 8.61. The van der Waals surface area contributed by atoms with Crippen LogP contribution >= 0.6 is 0 Å². The van der Waals surface area contributed by atoms with Crippen molar-refractivity contribution in [2.45, 2.75) is 13.8 Å². The summed E-state index contributed by atoms with van der Waals surface area (Å²) in [5.74, 6) is 0.0749. The van der Waals surface area contributed by atoms with E-state index in [1.54, 1.807) is 43.3 Å². The van der Waals surface area contributed by atoms with Gasteiger partial charge in [-0.05, 0) is 78.9 Å². The highest BCUT2D eigenvalue weighted by molar-refractivity contribution is 6.03. The molecule has 0 atom stereocenters. The molecule has 1 aromatic heterocycles. The first-order valence-corrected chi connectivity index (χ1v) is 11.5. The topological polar surface area (TPSA) is 168 Å². The van der Waals surface area contributed by atoms with Crippen LogP contribution in [-0.4, -0.2) is 30.3 Å². The number of nitrogens with one attached hydrogen (secondary N) is 3. The van der Waals surface area contributed by atoms with Gasteiger partial charge in [0.25, 0.3) is 0 Å². The molecule has 0 saturated carbocycles. The summed E-state index contributed by atoms with van der Waals surface area (Å²) in [6.07, 6.45) is 0. The van der Waals surface area contributed by atoms with E-state index in [0.29, 0.717) is 22.3 Å². The number of aryl methyl sites for hydroxylation is 2. The number of benzene rings is 4. The van der Waals surface area contributed by atoms with Gasteiger partial charge in [0, 0.05) is 11.1 Å². The molecule has 6 N–H and O–H groups in total. The molecule has 1 heterocycles. The van der Waals surface area contributed by atoms with Gasteiger partial charge in [0.2, 0.25) is 11.9 Å². The van der Waals surface area contributed by atoms with Crippen LogP contribution in [0.5, 0.6) is 17.2 Å². The van der Waals surface area contributed by atoms with E-state index in [2.05, 4.69) is 35.8 Å². The van der Waals surface area contributed by atoms with Gasteiger partial charge in [0.15, 0.2) is 5.75 Å². The smallest absolute Gasteiger partial charge is 0.351 e. The number of fused-ring (bicyclic) bond motifs is 1. The lowest BCUT2D eigenvalue weighted by Gasteiger charge is -2.14. The van der Waals surface area contributed by atoms with Crippen LogP contribution in [0.1, 0.15) is 11.1 Å². The van der Waals surface area contributed by atoms with Gasteiger partial charge >= 0.3 is 5.69 Å². The molecule has 0 amide bonds. The van der Waals surface area contributed by atoms with Crippen molar-refractivity contribution in [1.29, 1.82) is 0 Å². The highest BCUT2D eigenvalue weighted by Gasteiger charge is 2.16. The highest BCUT2D eigenvalue weighted by atomic mass is 16.3. The summed E-state index contributed by atoms with van der Waals surface area (Å²) >= 11 is 0. The molecule has 0 aliphatic heterocycles. The average Bonchev–Trinajstić information content (AvgIpc) is 2.85. The predicted octanol–water partition coefficient (Wildman–Crippen LogP) is 5.95. The molecule has 0 aliphatic rings. The zero-order valence-electron chi connectivity index (χ0n) is 20.4. The van der Waals surface area contributed by atoms with Crippen LogP contribution in [-0.2, 0) is 0 Å². The lowest BCUT2D eigenvalue weighted by Crippen LogP contribution is -2.16.